The van der Waals surface area contributed by atoms with Gasteiger partial charge in [0.1, 0.15) is 11.1 Å². The van der Waals surface area contributed by atoms with Crippen molar-refractivity contribution in [2.75, 3.05) is 18.1 Å². The number of carbonyl (C=O) groups is 3. The number of benzene rings is 2. The zero-order valence-corrected chi connectivity index (χ0v) is 21.1. The summed E-state index contributed by atoms with van der Waals surface area (Å²) in [7, 11) is -3.35. The number of thiophene rings is 1. The van der Waals surface area contributed by atoms with E-state index in [4.69, 9.17) is 0 Å². The molecule has 1 aliphatic heterocycles. The summed E-state index contributed by atoms with van der Waals surface area (Å²) in [5, 5.41) is 13.0. The van der Waals surface area contributed by atoms with Crippen LogP contribution in [0.15, 0.2) is 59.5 Å². The molecule has 0 atom stereocenters. The molecule has 8 nitrogen and oxygen atoms in total. The van der Waals surface area contributed by atoms with Crippen LogP contribution < -0.4 is 5.32 Å². The molecule has 2 amide bonds. The highest BCUT2D eigenvalue weighted by atomic mass is 32.2. The summed E-state index contributed by atoms with van der Waals surface area (Å²) in [6, 6.07) is 16.6. The second kappa shape index (κ2) is 10.4. The van der Waals surface area contributed by atoms with Gasteiger partial charge in [0.15, 0.2) is 15.6 Å². The second-order valence-corrected chi connectivity index (χ2v) is 11.5. The second-order valence-electron chi connectivity index (χ2n) is 8.42. The molecule has 1 N–H and O–H groups in total. The minimum Gasteiger partial charge on any atom is -0.337 e. The van der Waals surface area contributed by atoms with E-state index in [0.717, 1.165) is 16.7 Å². The Labute approximate surface area is 213 Å². The normalized spacial score (nSPS) is 12.9. The smallest absolute Gasteiger partial charge is 0.256 e. The van der Waals surface area contributed by atoms with E-state index in [1.54, 1.807) is 29.2 Å². The Hall–Kier alpha value is -3.81. The highest BCUT2D eigenvalue weighted by Gasteiger charge is 2.28. The van der Waals surface area contributed by atoms with Gasteiger partial charge in [-0.25, -0.2) is 8.42 Å². The number of anilines is 1. The molecule has 0 aliphatic carbocycles. The Morgan fingerprint density at radius 1 is 1.03 bits per heavy atom. The van der Waals surface area contributed by atoms with Crippen molar-refractivity contribution >= 4 is 43.8 Å². The molecule has 0 saturated carbocycles. The van der Waals surface area contributed by atoms with Crippen molar-refractivity contribution in [2.24, 2.45) is 0 Å². The van der Waals surface area contributed by atoms with Crippen molar-refractivity contribution in [1.29, 1.82) is 5.26 Å². The number of amides is 2. The van der Waals surface area contributed by atoms with Crippen LogP contribution in [0.25, 0.3) is 0 Å². The monoisotopic (exact) mass is 521 g/mol. The van der Waals surface area contributed by atoms with Gasteiger partial charge < -0.3 is 10.2 Å². The SMILES string of the molecule is CS(=O)(=O)c1ccc(C(=O)CCC(=O)N2CCc3c(sc(NC(=O)c4ccccc4)c3C#N)C2)cc1. The molecule has 0 unspecified atom stereocenters. The number of hydrogen-bond donors (Lipinski definition) is 1. The third-order valence-corrected chi connectivity index (χ3v) is 8.22. The molecule has 0 bridgehead atoms. The van der Waals surface area contributed by atoms with Crippen LogP contribution in [0.4, 0.5) is 5.00 Å². The fraction of sp³-hybridized carbons (Fsp3) is 0.231. The number of fused-ring (bicyclic) bond motifs is 1. The molecule has 1 aliphatic rings. The van der Waals surface area contributed by atoms with Crippen molar-refractivity contribution in [3.8, 4) is 6.07 Å². The summed E-state index contributed by atoms with van der Waals surface area (Å²) in [5.74, 6) is -0.722. The van der Waals surface area contributed by atoms with Gasteiger partial charge >= 0.3 is 0 Å². The lowest BCUT2D eigenvalue weighted by Crippen LogP contribution is -2.35. The molecule has 0 saturated heterocycles. The number of Topliss-reactive ketones (excluding diaryl/α,β-unsaturated/α-hetero) is 1. The highest BCUT2D eigenvalue weighted by Crippen LogP contribution is 2.37. The fourth-order valence-corrected chi connectivity index (χ4v) is 5.84. The molecule has 4 rings (SSSR count). The summed E-state index contributed by atoms with van der Waals surface area (Å²) in [5.41, 5.74) is 2.11. The van der Waals surface area contributed by atoms with Gasteiger partial charge in [0.25, 0.3) is 5.91 Å². The van der Waals surface area contributed by atoms with E-state index >= 15 is 0 Å². The average molecular weight is 522 g/mol. The van der Waals surface area contributed by atoms with E-state index in [1.807, 2.05) is 6.07 Å². The Morgan fingerprint density at radius 2 is 1.72 bits per heavy atom. The van der Waals surface area contributed by atoms with Crippen molar-refractivity contribution in [3.05, 3.63) is 81.7 Å². The van der Waals surface area contributed by atoms with Crippen LogP contribution in [-0.4, -0.2) is 43.7 Å². The molecule has 184 valence electrons. The van der Waals surface area contributed by atoms with Gasteiger partial charge in [-0.05, 0) is 36.2 Å². The van der Waals surface area contributed by atoms with Crippen molar-refractivity contribution in [1.82, 2.24) is 4.90 Å². The van der Waals surface area contributed by atoms with Gasteiger partial charge in [-0.15, -0.1) is 11.3 Å². The minimum absolute atomic E-state index is 0.00663. The number of carbonyl (C=O) groups excluding carboxylic acids is 3. The first-order chi connectivity index (χ1) is 17.2. The van der Waals surface area contributed by atoms with Crippen molar-refractivity contribution in [2.45, 2.75) is 30.7 Å². The van der Waals surface area contributed by atoms with Crippen LogP contribution >= 0.6 is 11.3 Å². The Bertz CT molecular complexity index is 1470. The molecule has 36 heavy (non-hydrogen) atoms. The topological polar surface area (TPSA) is 124 Å². The quantitative estimate of drug-likeness (QED) is 0.471. The van der Waals surface area contributed by atoms with E-state index in [-0.39, 0.29) is 35.3 Å². The summed E-state index contributed by atoms with van der Waals surface area (Å²) in [6.45, 7) is 0.729. The fourth-order valence-electron chi connectivity index (χ4n) is 4.00. The van der Waals surface area contributed by atoms with E-state index in [2.05, 4.69) is 11.4 Å². The van der Waals surface area contributed by atoms with Crippen molar-refractivity contribution < 1.29 is 22.8 Å². The first kappa shape index (κ1) is 25.3. The number of nitriles is 1. The van der Waals surface area contributed by atoms with Gasteiger partial charge in [0.05, 0.1) is 17.0 Å². The minimum atomic E-state index is -3.35. The Morgan fingerprint density at radius 3 is 2.36 bits per heavy atom. The molecule has 2 heterocycles. The number of ketones is 1. The van der Waals surface area contributed by atoms with Crippen LogP contribution in [-0.2, 0) is 27.6 Å². The predicted octanol–water partition coefficient (Wildman–Crippen LogP) is 3.82. The molecule has 3 aromatic rings. The van der Waals surface area contributed by atoms with Crippen LogP contribution in [0.1, 0.15) is 49.6 Å². The number of hydrogen-bond acceptors (Lipinski definition) is 7. The average Bonchev–Trinajstić information content (AvgIpc) is 3.23. The van der Waals surface area contributed by atoms with Gasteiger partial charge in [-0.3, -0.25) is 14.4 Å². The number of rotatable bonds is 7. The lowest BCUT2D eigenvalue weighted by molar-refractivity contribution is -0.132. The largest absolute Gasteiger partial charge is 0.337 e. The van der Waals surface area contributed by atoms with Gasteiger partial charge in [0.2, 0.25) is 5.91 Å². The lowest BCUT2D eigenvalue weighted by Gasteiger charge is -2.27. The standard InChI is InChI=1S/C26H23N3O5S2/c1-36(33,34)19-9-7-17(8-10-19)22(30)11-12-24(31)29-14-13-20-21(15-27)26(35-23(20)16-29)28-25(32)18-5-3-2-4-6-18/h2-10H,11-14,16H2,1H3,(H,28,32). The molecular formula is C26H23N3O5S2. The summed E-state index contributed by atoms with van der Waals surface area (Å²) in [6.07, 6.45) is 1.62. The zero-order valence-electron chi connectivity index (χ0n) is 19.5. The third-order valence-electron chi connectivity index (χ3n) is 5.95. The van der Waals surface area contributed by atoms with Crippen LogP contribution in [0.3, 0.4) is 0 Å². The third kappa shape index (κ3) is 5.53. The number of nitrogens with zero attached hydrogens (tertiary/aromatic N) is 2. The van der Waals surface area contributed by atoms with Gasteiger partial charge in [-0.1, -0.05) is 30.3 Å². The number of sulfone groups is 1. The molecule has 1 aromatic heterocycles. The Balaban J connectivity index is 1.39. The lowest BCUT2D eigenvalue weighted by atomic mass is 10.0. The maximum atomic E-state index is 12.8. The van der Waals surface area contributed by atoms with Crippen LogP contribution in [0.5, 0.6) is 0 Å². The Kier molecular flexibility index (Phi) is 7.33. The first-order valence-electron chi connectivity index (χ1n) is 11.2. The molecule has 0 fully saturated rings. The summed E-state index contributed by atoms with van der Waals surface area (Å²) >= 11 is 1.29. The predicted molar refractivity (Wildman–Crippen MR) is 136 cm³/mol. The van der Waals surface area contributed by atoms with Gasteiger partial charge in [0, 0.05) is 41.6 Å². The zero-order chi connectivity index (χ0) is 25.9. The number of nitrogens with one attached hydrogen (secondary N) is 1. The van der Waals surface area contributed by atoms with Gasteiger partial charge in [-0.2, -0.15) is 5.26 Å². The maximum Gasteiger partial charge on any atom is 0.256 e. The molecule has 0 spiro atoms. The summed E-state index contributed by atoms with van der Waals surface area (Å²) in [4.78, 5) is 40.5. The highest BCUT2D eigenvalue weighted by molar-refractivity contribution is 7.90. The molecular weight excluding hydrogens is 498 g/mol. The summed E-state index contributed by atoms with van der Waals surface area (Å²) < 4.78 is 23.2. The molecule has 2 aromatic carbocycles. The van der Waals surface area contributed by atoms with Crippen molar-refractivity contribution in [3.63, 3.8) is 0 Å². The van der Waals surface area contributed by atoms with E-state index in [0.29, 0.717) is 41.2 Å². The maximum absolute atomic E-state index is 12.8. The molecule has 10 heteroatoms. The first-order valence-corrected chi connectivity index (χ1v) is 13.9. The van der Waals surface area contributed by atoms with Crippen LogP contribution in [0, 0.1) is 11.3 Å². The van der Waals surface area contributed by atoms with E-state index in [9.17, 15) is 28.1 Å². The van der Waals surface area contributed by atoms with E-state index < -0.39 is 9.84 Å². The molecule has 0 radical (unpaired) electrons. The van der Waals surface area contributed by atoms with Crippen LogP contribution in [0.2, 0.25) is 0 Å². The van der Waals surface area contributed by atoms with E-state index in [1.165, 1.54) is 35.6 Å².